The third kappa shape index (κ3) is 3.53. The van der Waals surface area contributed by atoms with E-state index in [0.29, 0.717) is 12.8 Å². The van der Waals surface area contributed by atoms with Crippen LogP contribution in [0.15, 0.2) is 54.9 Å². The molecule has 2 aromatic heterocycles. The van der Waals surface area contributed by atoms with Gasteiger partial charge in [-0.25, -0.2) is 4.98 Å². The van der Waals surface area contributed by atoms with Crippen LogP contribution in [0.2, 0.25) is 5.02 Å². The fourth-order valence-corrected chi connectivity index (χ4v) is 3.56. The number of piperazine rings is 1. The normalized spacial score (nSPS) is 14.8. The lowest BCUT2D eigenvalue weighted by molar-refractivity contribution is -0.131. The van der Waals surface area contributed by atoms with Crippen molar-refractivity contribution in [1.82, 2.24) is 14.3 Å². The van der Waals surface area contributed by atoms with E-state index in [0.717, 1.165) is 48.2 Å². The summed E-state index contributed by atoms with van der Waals surface area (Å²) in [5.41, 5.74) is 3.16. The first-order chi connectivity index (χ1) is 12.7. The second kappa shape index (κ2) is 7.38. The van der Waals surface area contributed by atoms with Crippen molar-refractivity contribution in [3.8, 4) is 0 Å². The minimum absolute atomic E-state index is 0.214. The van der Waals surface area contributed by atoms with Gasteiger partial charge in [-0.1, -0.05) is 17.7 Å². The number of aryl methyl sites for hydroxylation is 1. The number of nitrogens with zero attached hydrogens (tertiary/aromatic N) is 4. The molecule has 1 aromatic carbocycles. The third-order valence-electron chi connectivity index (χ3n) is 4.91. The molecule has 4 rings (SSSR count). The summed E-state index contributed by atoms with van der Waals surface area (Å²) in [6, 6.07) is 13.8. The number of rotatable bonds is 4. The fourth-order valence-electron chi connectivity index (χ4n) is 3.43. The van der Waals surface area contributed by atoms with Crippen LogP contribution in [0.4, 0.5) is 5.69 Å². The fraction of sp³-hybridized carbons (Fsp3) is 0.300. The molecular weight excluding hydrogens is 348 g/mol. The van der Waals surface area contributed by atoms with Gasteiger partial charge in [-0.05, 0) is 42.8 Å². The van der Waals surface area contributed by atoms with Gasteiger partial charge in [-0.2, -0.15) is 0 Å². The first kappa shape index (κ1) is 16.9. The van der Waals surface area contributed by atoms with E-state index < -0.39 is 0 Å². The van der Waals surface area contributed by atoms with Crippen molar-refractivity contribution < 1.29 is 4.79 Å². The number of carbonyl (C=O) groups is 1. The van der Waals surface area contributed by atoms with Gasteiger partial charge in [0.1, 0.15) is 5.65 Å². The van der Waals surface area contributed by atoms with Crippen molar-refractivity contribution in [1.29, 1.82) is 0 Å². The lowest BCUT2D eigenvalue weighted by Gasteiger charge is -2.36. The van der Waals surface area contributed by atoms with E-state index in [4.69, 9.17) is 11.6 Å². The Morgan fingerprint density at radius 1 is 1.04 bits per heavy atom. The monoisotopic (exact) mass is 368 g/mol. The predicted octanol–water partition coefficient (Wildman–Crippen LogP) is 3.27. The molecule has 1 aliphatic rings. The van der Waals surface area contributed by atoms with Crippen LogP contribution in [-0.2, 0) is 11.2 Å². The van der Waals surface area contributed by atoms with Gasteiger partial charge in [0, 0.05) is 61.4 Å². The zero-order valence-electron chi connectivity index (χ0n) is 14.5. The number of amides is 1. The number of halogens is 1. The van der Waals surface area contributed by atoms with E-state index >= 15 is 0 Å². The summed E-state index contributed by atoms with van der Waals surface area (Å²) in [5, 5.41) is 0.745. The van der Waals surface area contributed by atoms with Crippen LogP contribution >= 0.6 is 11.6 Å². The van der Waals surface area contributed by atoms with Crippen molar-refractivity contribution in [2.45, 2.75) is 12.8 Å². The molecule has 134 valence electrons. The topological polar surface area (TPSA) is 40.9 Å². The quantitative estimate of drug-likeness (QED) is 0.709. The molecule has 1 amide bonds. The van der Waals surface area contributed by atoms with Crippen LogP contribution < -0.4 is 4.90 Å². The zero-order valence-corrected chi connectivity index (χ0v) is 15.3. The summed E-state index contributed by atoms with van der Waals surface area (Å²) >= 11 is 5.95. The van der Waals surface area contributed by atoms with Crippen LogP contribution in [0.5, 0.6) is 0 Å². The molecule has 0 atom stereocenters. The van der Waals surface area contributed by atoms with Crippen molar-refractivity contribution >= 4 is 28.8 Å². The van der Waals surface area contributed by atoms with Crippen LogP contribution in [0, 0.1) is 0 Å². The number of fused-ring (bicyclic) bond motifs is 1. The maximum Gasteiger partial charge on any atom is 0.223 e. The van der Waals surface area contributed by atoms with Gasteiger partial charge in [-0.15, -0.1) is 0 Å². The number of imidazole rings is 1. The molecule has 3 heterocycles. The van der Waals surface area contributed by atoms with Gasteiger partial charge in [0.2, 0.25) is 5.91 Å². The second-order valence-corrected chi connectivity index (χ2v) is 6.96. The van der Waals surface area contributed by atoms with Gasteiger partial charge < -0.3 is 14.2 Å². The molecule has 1 fully saturated rings. The Bertz CT molecular complexity index is 898. The molecule has 0 N–H and O–H groups in total. The largest absolute Gasteiger partial charge is 0.368 e. The highest BCUT2D eigenvalue weighted by Gasteiger charge is 2.21. The van der Waals surface area contributed by atoms with Gasteiger partial charge in [0.05, 0.1) is 0 Å². The van der Waals surface area contributed by atoms with Gasteiger partial charge in [0.15, 0.2) is 0 Å². The van der Waals surface area contributed by atoms with Gasteiger partial charge >= 0.3 is 0 Å². The number of hydrogen-bond donors (Lipinski definition) is 0. The first-order valence-corrected chi connectivity index (χ1v) is 9.28. The van der Waals surface area contributed by atoms with E-state index in [1.807, 2.05) is 64.2 Å². The molecule has 26 heavy (non-hydrogen) atoms. The molecule has 0 aliphatic carbocycles. The van der Waals surface area contributed by atoms with Crippen LogP contribution in [0.3, 0.4) is 0 Å². The lowest BCUT2D eigenvalue weighted by atomic mass is 10.2. The Balaban J connectivity index is 1.31. The second-order valence-electron chi connectivity index (χ2n) is 6.52. The van der Waals surface area contributed by atoms with Crippen LogP contribution in [0.25, 0.3) is 5.65 Å². The van der Waals surface area contributed by atoms with E-state index in [9.17, 15) is 4.79 Å². The molecule has 1 aliphatic heterocycles. The maximum atomic E-state index is 12.6. The molecule has 0 radical (unpaired) electrons. The van der Waals surface area contributed by atoms with Gasteiger partial charge in [-0.3, -0.25) is 4.79 Å². The van der Waals surface area contributed by atoms with Crippen LogP contribution in [0.1, 0.15) is 12.1 Å². The Kier molecular flexibility index (Phi) is 4.80. The molecule has 0 unspecified atom stereocenters. The third-order valence-corrected chi connectivity index (χ3v) is 5.16. The Labute approximate surface area is 157 Å². The minimum Gasteiger partial charge on any atom is -0.368 e. The Morgan fingerprint density at radius 2 is 1.81 bits per heavy atom. The molecule has 6 heteroatoms. The number of anilines is 1. The Morgan fingerprint density at radius 3 is 2.58 bits per heavy atom. The smallest absolute Gasteiger partial charge is 0.223 e. The molecule has 1 saturated heterocycles. The molecule has 0 bridgehead atoms. The van der Waals surface area contributed by atoms with Crippen molar-refractivity contribution in [3.05, 3.63) is 65.6 Å². The number of hydrogen-bond acceptors (Lipinski definition) is 3. The van der Waals surface area contributed by atoms with E-state index in [2.05, 4.69) is 9.88 Å². The van der Waals surface area contributed by atoms with Crippen molar-refractivity contribution in [2.75, 3.05) is 31.1 Å². The molecule has 0 spiro atoms. The summed E-state index contributed by atoms with van der Waals surface area (Å²) in [7, 11) is 0. The minimum atomic E-state index is 0.214. The summed E-state index contributed by atoms with van der Waals surface area (Å²) in [6.07, 6.45) is 5.08. The molecular formula is C20H21ClN4O. The summed E-state index contributed by atoms with van der Waals surface area (Å²) < 4.78 is 2.05. The van der Waals surface area contributed by atoms with E-state index in [-0.39, 0.29) is 5.91 Å². The Hall–Kier alpha value is -2.53. The average Bonchev–Trinajstić information content (AvgIpc) is 3.10. The zero-order chi connectivity index (χ0) is 17.9. The van der Waals surface area contributed by atoms with Crippen molar-refractivity contribution in [3.63, 3.8) is 0 Å². The summed E-state index contributed by atoms with van der Waals surface area (Å²) in [4.78, 5) is 21.2. The van der Waals surface area contributed by atoms with Gasteiger partial charge in [0.25, 0.3) is 0 Å². The highest BCUT2D eigenvalue weighted by Crippen LogP contribution is 2.20. The maximum absolute atomic E-state index is 12.6. The summed E-state index contributed by atoms with van der Waals surface area (Å²) in [5.74, 6) is 0.214. The molecule has 5 nitrogen and oxygen atoms in total. The number of benzene rings is 1. The van der Waals surface area contributed by atoms with E-state index in [1.54, 1.807) is 0 Å². The SMILES string of the molecule is O=C(CCc1cnc2ccccn12)N1CCN(c2ccc(Cl)cc2)CC1. The standard InChI is InChI=1S/C20H21ClN4O/c21-16-4-6-17(7-5-16)23-11-13-24(14-12-23)20(26)9-8-18-15-22-19-3-1-2-10-25(18)19/h1-7,10,15H,8-9,11-14H2. The van der Waals surface area contributed by atoms with Crippen molar-refractivity contribution in [2.24, 2.45) is 0 Å². The van der Waals surface area contributed by atoms with Crippen LogP contribution in [-0.4, -0.2) is 46.4 Å². The average molecular weight is 369 g/mol. The number of pyridine rings is 1. The number of carbonyl (C=O) groups excluding carboxylic acids is 1. The highest BCUT2D eigenvalue weighted by molar-refractivity contribution is 6.30. The molecule has 0 saturated carbocycles. The molecule has 3 aromatic rings. The lowest BCUT2D eigenvalue weighted by Crippen LogP contribution is -2.48. The highest BCUT2D eigenvalue weighted by atomic mass is 35.5. The predicted molar refractivity (Wildman–Crippen MR) is 104 cm³/mol. The number of aromatic nitrogens is 2. The van der Waals surface area contributed by atoms with E-state index in [1.165, 1.54) is 0 Å². The first-order valence-electron chi connectivity index (χ1n) is 8.90. The summed E-state index contributed by atoms with van der Waals surface area (Å²) in [6.45, 7) is 3.22.